The summed E-state index contributed by atoms with van der Waals surface area (Å²) in [5, 5.41) is 0. The average Bonchev–Trinajstić information content (AvgIpc) is 0.918. The van der Waals surface area contributed by atoms with Crippen molar-refractivity contribution in [3.05, 3.63) is 0 Å². The van der Waals surface area contributed by atoms with Gasteiger partial charge >= 0.3 is 0 Å². The highest BCUT2D eigenvalue weighted by Crippen LogP contribution is 1.24. The topological polar surface area (TPSA) is 44.2 Å². The summed E-state index contributed by atoms with van der Waals surface area (Å²) in [7, 11) is 2.56. The third-order valence-electron chi connectivity index (χ3n) is 0. The number of rotatable bonds is 0. The zero-order valence-corrected chi connectivity index (χ0v) is 5.12. The van der Waals surface area contributed by atoms with Crippen molar-refractivity contribution < 1.29 is 4.43 Å². The summed E-state index contributed by atoms with van der Waals surface area (Å²) in [6, 6.07) is 0. The van der Waals surface area contributed by atoms with Crippen LogP contribution in [0, 0.1) is 0 Å². The second kappa shape index (κ2) is 11.1. The standard InChI is InChI=1S/CH6OSi.H3N/c1-2-3;/h1,3H3;1H3. The van der Waals surface area contributed by atoms with Crippen LogP contribution < -0.4 is 6.15 Å². The Bertz CT molecular complexity index is 8.00. The van der Waals surface area contributed by atoms with Gasteiger partial charge in [-0.3, -0.25) is 0 Å². The lowest BCUT2D eigenvalue weighted by Crippen LogP contribution is -1.60. The Hall–Kier alpha value is 0.137. The normalized spacial score (nSPS) is 5.25. The monoisotopic (exact) mass is 79.0 g/mol. The van der Waals surface area contributed by atoms with Gasteiger partial charge in [-0.2, -0.15) is 0 Å². The van der Waals surface area contributed by atoms with Crippen LogP contribution in [0.5, 0.6) is 0 Å². The summed E-state index contributed by atoms with van der Waals surface area (Å²) >= 11 is 0. The maximum Gasteiger partial charge on any atom is 0.145 e. The minimum absolute atomic E-state index is 0. The van der Waals surface area contributed by atoms with Crippen molar-refractivity contribution in [2.45, 2.75) is 0 Å². The predicted molar refractivity (Wildman–Crippen MR) is 22.0 cm³/mol. The third kappa shape index (κ3) is 147. The SMILES string of the molecule is CO[SiH3].N. The molecule has 0 spiro atoms. The smallest absolute Gasteiger partial charge is 0.145 e. The molecule has 0 aliphatic heterocycles. The van der Waals surface area contributed by atoms with Crippen molar-refractivity contribution in [3.63, 3.8) is 0 Å². The minimum Gasteiger partial charge on any atom is -0.431 e. The molecule has 0 aliphatic rings. The van der Waals surface area contributed by atoms with Gasteiger partial charge in [0.15, 0.2) is 0 Å². The summed E-state index contributed by atoms with van der Waals surface area (Å²) in [4.78, 5) is 0. The Labute approximate surface area is 29.3 Å². The van der Waals surface area contributed by atoms with Crippen molar-refractivity contribution in [3.8, 4) is 0 Å². The first-order chi connectivity index (χ1) is 1.41. The fraction of sp³-hybridized carbons (Fsp3) is 1.00. The van der Waals surface area contributed by atoms with E-state index < -0.39 is 0 Å². The molecule has 2 nitrogen and oxygen atoms in total. The van der Waals surface area contributed by atoms with Crippen LogP contribution in [0.15, 0.2) is 0 Å². The average molecular weight is 79.2 g/mol. The van der Waals surface area contributed by atoms with Crippen molar-refractivity contribution in [2.24, 2.45) is 0 Å². The van der Waals surface area contributed by atoms with Gasteiger partial charge in [0.05, 0.1) is 0 Å². The van der Waals surface area contributed by atoms with Crippen LogP contribution in [-0.2, 0) is 4.43 Å². The van der Waals surface area contributed by atoms with E-state index in [2.05, 4.69) is 4.43 Å². The molecule has 28 valence electrons. The molecule has 0 fully saturated rings. The summed E-state index contributed by atoms with van der Waals surface area (Å²) < 4.78 is 4.39. The molecule has 4 heavy (non-hydrogen) atoms. The summed E-state index contributed by atoms with van der Waals surface area (Å²) in [6.07, 6.45) is 0. The van der Waals surface area contributed by atoms with Crippen LogP contribution >= 0.6 is 0 Å². The van der Waals surface area contributed by atoms with Crippen molar-refractivity contribution in [2.75, 3.05) is 7.11 Å². The molecular weight excluding hydrogens is 70.1 g/mol. The Kier molecular flexibility index (Phi) is 24.7. The van der Waals surface area contributed by atoms with Crippen LogP contribution in [0.25, 0.3) is 0 Å². The van der Waals surface area contributed by atoms with E-state index in [4.69, 9.17) is 0 Å². The molecule has 0 aromatic heterocycles. The van der Waals surface area contributed by atoms with Crippen molar-refractivity contribution >= 4 is 10.5 Å². The third-order valence-corrected chi connectivity index (χ3v) is 0. The highest BCUT2D eigenvalue weighted by Gasteiger charge is 1.27. The van der Waals surface area contributed by atoms with E-state index in [1.807, 2.05) is 0 Å². The largest absolute Gasteiger partial charge is 0.431 e. The lowest BCUT2D eigenvalue weighted by Gasteiger charge is -1.61. The van der Waals surface area contributed by atoms with E-state index in [0.717, 1.165) is 10.5 Å². The first-order valence-electron chi connectivity index (χ1n) is 0.816. The van der Waals surface area contributed by atoms with E-state index in [1.165, 1.54) is 0 Å². The first-order valence-corrected chi connectivity index (χ1v) is 1.63. The Balaban J connectivity index is 0. The molecule has 3 N–H and O–H groups in total. The van der Waals surface area contributed by atoms with Crippen LogP contribution in [0.1, 0.15) is 0 Å². The molecule has 0 aliphatic carbocycles. The van der Waals surface area contributed by atoms with Gasteiger partial charge in [0.1, 0.15) is 10.5 Å². The maximum atomic E-state index is 4.39. The van der Waals surface area contributed by atoms with Gasteiger partial charge < -0.3 is 10.6 Å². The molecule has 0 rings (SSSR count). The van der Waals surface area contributed by atoms with Gasteiger partial charge in [-0.1, -0.05) is 0 Å². The molecule has 0 saturated carbocycles. The Morgan fingerprint density at radius 1 is 1.75 bits per heavy atom. The Morgan fingerprint density at radius 2 is 1.75 bits per heavy atom. The Morgan fingerprint density at radius 3 is 1.75 bits per heavy atom. The molecule has 0 aromatic carbocycles. The molecule has 0 saturated heterocycles. The molecule has 0 radical (unpaired) electrons. The molecule has 0 atom stereocenters. The molecule has 0 amide bonds. The highest BCUT2D eigenvalue weighted by molar-refractivity contribution is 5.97. The minimum atomic E-state index is 0. The molecule has 0 heterocycles. The van der Waals surface area contributed by atoms with Crippen LogP contribution in [-0.4, -0.2) is 17.6 Å². The molecule has 0 bridgehead atoms. The zero-order chi connectivity index (χ0) is 2.71. The molecule has 0 unspecified atom stereocenters. The molecule has 3 heteroatoms. The fourth-order valence-electron chi connectivity index (χ4n) is 0. The fourth-order valence-corrected chi connectivity index (χ4v) is 0. The second-order valence-corrected chi connectivity index (χ2v) is 1.22. The van der Waals surface area contributed by atoms with Crippen LogP contribution in [0.2, 0.25) is 0 Å². The first kappa shape index (κ1) is 8.91. The van der Waals surface area contributed by atoms with Crippen molar-refractivity contribution in [1.82, 2.24) is 6.15 Å². The summed E-state index contributed by atoms with van der Waals surface area (Å²) in [5.74, 6) is 0. The lowest BCUT2D eigenvalue weighted by molar-refractivity contribution is 0.460. The van der Waals surface area contributed by atoms with Gasteiger partial charge in [-0.25, -0.2) is 0 Å². The van der Waals surface area contributed by atoms with Gasteiger partial charge in [-0.15, -0.1) is 0 Å². The summed E-state index contributed by atoms with van der Waals surface area (Å²) in [5.41, 5.74) is 0. The van der Waals surface area contributed by atoms with Gasteiger partial charge in [0.2, 0.25) is 0 Å². The van der Waals surface area contributed by atoms with E-state index >= 15 is 0 Å². The second-order valence-electron chi connectivity index (χ2n) is 0.408. The van der Waals surface area contributed by atoms with Gasteiger partial charge in [0.25, 0.3) is 0 Å². The number of hydrogen-bond acceptors (Lipinski definition) is 2. The van der Waals surface area contributed by atoms with Crippen LogP contribution in [0.4, 0.5) is 0 Å². The number of hydrogen-bond donors (Lipinski definition) is 1. The molecule has 0 aromatic rings. The zero-order valence-electron chi connectivity index (χ0n) is 3.12. The van der Waals surface area contributed by atoms with E-state index in [-0.39, 0.29) is 6.15 Å². The van der Waals surface area contributed by atoms with Crippen molar-refractivity contribution in [1.29, 1.82) is 0 Å². The quantitative estimate of drug-likeness (QED) is 0.381. The van der Waals surface area contributed by atoms with E-state index in [0.29, 0.717) is 0 Å². The highest BCUT2D eigenvalue weighted by atomic mass is 28.2. The summed E-state index contributed by atoms with van der Waals surface area (Å²) in [6.45, 7) is 0. The lowest BCUT2D eigenvalue weighted by atomic mass is 11.8. The predicted octanol–water partition coefficient (Wildman–Crippen LogP) is -0.925. The van der Waals surface area contributed by atoms with Gasteiger partial charge in [0, 0.05) is 7.11 Å². The van der Waals surface area contributed by atoms with E-state index in [9.17, 15) is 0 Å². The van der Waals surface area contributed by atoms with E-state index in [1.54, 1.807) is 7.11 Å². The van der Waals surface area contributed by atoms with Crippen LogP contribution in [0.3, 0.4) is 0 Å². The molecular formula is CH9NOSi. The maximum absolute atomic E-state index is 4.39. The van der Waals surface area contributed by atoms with Gasteiger partial charge in [-0.05, 0) is 0 Å².